The van der Waals surface area contributed by atoms with Crippen molar-refractivity contribution in [2.24, 2.45) is 7.05 Å². The summed E-state index contributed by atoms with van der Waals surface area (Å²) in [6.45, 7) is 4.71. The van der Waals surface area contributed by atoms with Crippen LogP contribution < -0.4 is 10.2 Å². The maximum atomic E-state index is 13.2. The lowest BCUT2D eigenvalue weighted by Gasteiger charge is -2.22. The van der Waals surface area contributed by atoms with Crippen molar-refractivity contribution in [1.82, 2.24) is 24.7 Å². The molecule has 10 heteroatoms. The molecule has 10 nitrogen and oxygen atoms in total. The molecule has 0 bridgehead atoms. The third-order valence-corrected chi connectivity index (χ3v) is 5.61. The van der Waals surface area contributed by atoms with E-state index >= 15 is 0 Å². The van der Waals surface area contributed by atoms with Gasteiger partial charge in [-0.05, 0) is 38.5 Å². The van der Waals surface area contributed by atoms with Gasteiger partial charge in [-0.3, -0.25) is 9.48 Å². The molecule has 164 valence electrons. The third kappa shape index (κ3) is 3.58. The van der Waals surface area contributed by atoms with E-state index in [-0.39, 0.29) is 11.7 Å². The number of anilines is 2. The number of aromatic nitrogens is 5. The molecule has 0 spiro atoms. The molecule has 1 saturated heterocycles. The van der Waals surface area contributed by atoms with Crippen LogP contribution in [0.1, 0.15) is 28.5 Å². The smallest absolute Gasteiger partial charge is 0.293 e. The first-order chi connectivity index (χ1) is 15.4. The van der Waals surface area contributed by atoms with Crippen LogP contribution in [0.5, 0.6) is 0 Å². The molecule has 0 saturated carbocycles. The van der Waals surface area contributed by atoms with Crippen LogP contribution in [-0.2, 0) is 7.05 Å². The number of hydrogen-bond donors (Lipinski definition) is 2. The molecule has 4 heterocycles. The summed E-state index contributed by atoms with van der Waals surface area (Å²) in [5.74, 6) is 0.567. The van der Waals surface area contributed by atoms with Gasteiger partial charge in [-0.25, -0.2) is 15.0 Å². The summed E-state index contributed by atoms with van der Waals surface area (Å²) in [7, 11) is 1.85. The van der Waals surface area contributed by atoms with Gasteiger partial charge in [0.15, 0.2) is 0 Å². The zero-order valence-corrected chi connectivity index (χ0v) is 18.0. The number of carbonyl (C=O) groups excluding carboxylic acids is 1. The monoisotopic (exact) mass is 433 g/mol. The van der Waals surface area contributed by atoms with Gasteiger partial charge >= 0.3 is 0 Å². The molecule has 0 aliphatic carbocycles. The van der Waals surface area contributed by atoms with E-state index in [4.69, 9.17) is 4.42 Å². The van der Waals surface area contributed by atoms with Crippen molar-refractivity contribution in [3.63, 3.8) is 0 Å². The number of aliphatic hydroxyl groups is 1. The number of nitrogens with zero attached hydrogens (tertiary/aromatic N) is 6. The molecule has 1 aromatic carbocycles. The van der Waals surface area contributed by atoms with Crippen molar-refractivity contribution in [1.29, 1.82) is 0 Å². The summed E-state index contributed by atoms with van der Waals surface area (Å²) in [4.78, 5) is 28.0. The van der Waals surface area contributed by atoms with Gasteiger partial charge in [0.25, 0.3) is 5.91 Å². The molecule has 1 amide bonds. The van der Waals surface area contributed by atoms with Crippen molar-refractivity contribution < 1.29 is 14.3 Å². The van der Waals surface area contributed by atoms with Gasteiger partial charge in [-0.15, -0.1) is 0 Å². The predicted molar refractivity (Wildman–Crippen MR) is 119 cm³/mol. The van der Waals surface area contributed by atoms with Crippen LogP contribution in [0.15, 0.2) is 35.0 Å². The van der Waals surface area contributed by atoms with E-state index in [2.05, 4.69) is 30.3 Å². The molecular formula is C22H23N7O3. The van der Waals surface area contributed by atoms with Gasteiger partial charge < -0.3 is 19.7 Å². The van der Waals surface area contributed by atoms with E-state index in [0.717, 1.165) is 16.6 Å². The minimum absolute atomic E-state index is 0.119. The van der Waals surface area contributed by atoms with Crippen LogP contribution in [-0.4, -0.2) is 54.9 Å². The maximum absolute atomic E-state index is 13.2. The van der Waals surface area contributed by atoms with Crippen LogP contribution in [0.2, 0.25) is 0 Å². The number of carbonyl (C=O) groups is 1. The summed E-state index contributed by atoms with van der Waals surface area (Å²) in [6.07, 6.45) is 3.70. The Labute approximate surface area is 183 Å². The van der Waals surface area contributed by atoms with E-state index in [1.165, 1.54) is 0 Å². The minimum atomic E-state index is -0.408. The zero-order chi connectivity index (χ0) is 22.4. The van der Waals surface area contributed by atoms with Crippen LogP contribution in [0.3, 0.4) is 0 Å². The third-order valence-electron chi connectivity index (χ3n) is 5.61. The lowest BCUT2D eigenvalue weighted by molar-refractivity contribution is 0.0996. The number of β-amino-alcohol motifs (C(OH)–C–C–N with tert-alkyl or cyclic N) is 1. The second kappa shape index (κ2) is 7.72. The SMILES string of the molecule is Cc1nccc(-c2nc(C)c(C(=O)Nc3cc4c(cnn4C)cc3N3CC[C@H](O)C3)o2)n1. The number of nitrogens with one attached hydrogen (secondary N) is 1. The van der Waals surface area contributed by atoms with Gasteiger partial charge in [-0.2, -0.15) is 5.10 Å². The number of aryl methyl sites for hydroxylation is 3. The highest BCUT2D eigenvalue weighted by Gasteiger charge is 2.26. The fourth-order valence-electron chi connectivity index (χ4n) is 3.98. The Morgan fingerprint density at radius 3 is 2.88 bits per heavy atom. The number of amides is 1. The highest BCUT2D eigenvalue weighted by Crippen LogP contribution is 2.34. The first-order valence-electron chi connectivity index (χ1n) is 10.4. The van der Waals surface area contributed by atoms with Crippen LogP contribution in [0, 0.1) is 13.8 Å². The molecule has 1 aliphatic heterocycles. The molecule has 5 rings (SSSR count). The number of rotatable bonds is 4. The Balaban J connectivity index is 1.50. The Morgan fingerprint density at radius 2 is 2.12 bits per heavy atom. The van der Waals surface area contributed by atoms with Gasteiger partial charge in [0.05, 0.1) is 34.9 Å². The number of hydrogen-bond acceptors (Lipinski definition) is 8. The Kier molecular flexibility index (Phi) is 4.86. The van der Waals surface area contributed by atoms with Crippen molar-refractivity contribution >= 4 is 28.2 Å². The summed E-state index contributed by atoms with van der Waals surface area (Å²) in [5, 5.41) is 18.3. The number of benzene rings is 1. The molecule has 1 fully saturated rings. The molecule has 0 radical (unpaired) electrons. The maximum Gasteiger partial charge on any atom is 0.293 e. The molecule has 4 aromatic rings. The molecule has 3 aromatic heterocycles. The molecule has 2 N–H and O–H groups in total. The van der Waals surface area contributed by atoms with Crippen LogP contribution in [0.4, 0.5) is 11.4 Å². The molecule has 0 unspecified atom stereocenters. The van der Waals surface area contributed by atoms with Gasteiger partial charge in [0.2, 0.25) is 11.7 Å². The van der Waals surface area contributed by atoms with Gasteiger partial charge in [0.1, 0.15) is 11.5 Å². The van der Waals surface area contributed by atoms with Gasteiger partial charge in [0, 0.05) is 31.7 Å². The van der Waals surface area contributed by atoms with E-state index in [1.54, 1.807) is 37.0 Å². The lowest BCUT2D eigenvalue weighted by Crippen LogP contribution is -2.23. The fraction of sp³-hybridized carbons (Fsp3) is 0.318. The van der Waals surface area contributed by atoms with E-state index in [0.29, 0.717) is 42.4 Å². The standard InChI is InChI=1S/C22H23N7O3/c1-12-20(32-22(25-12)16-4-6-23-13(2)26-16)21(31)27-17-9-18-14(10-24-28(18)3)8-19(17)29-7-5-15(30)11-29/h4,6,8-10,15,30H,5,7,11H2,1-3H3,(H,27,31)/t15-/m0/s1. The summed E-state index contributed by atoms with van der Waals surface area (Å²) in [6, 6.07) is 5.56. The first-order valence-corrected chi connectivity index (χ1v) is 10.4. The van der Waals surface area contributed by atoms with E-state index in [9.17, 15) is 9.90 Å². The highest BCUT2D eigenvalue weighted by atomic mass is 16.4. The van der Waals surface area contributed by atoms with Crippen molar-refractivity contribution in [3.8, 4) is 11.6 Å². The Morgan fingerprint density at radius 1 is 1.28 bits per heavy atom. The predicted octanol–water partition coefficient (Wildman–Crippen LogP) is 2.46. The second-order valence-corrected chi connectivity index (χ2v) is 7.96. The fourth-order valence-corrected chi connectivity index (χ4v) is 3.98. The van der Waals surface area contributed by atoms with Crippen molar-refractivity contribution in [3.05, 3.63) is 47.9 Å². The average Bonchev–Trinajstić information content (AvgIpc) is 3.46. The molecule has 1 aliphatic rings. The van der Waals surface area contributed by atoms with E-state index < -0.39 is 12.0 Å². The quantitative estimate of drug-likeness (QED) is 0.503. The Bertz CT molecular complexity index is 1330. The topological polar surface area (TPSA) is 122 Å². The molecule has 1 atom stereocenters. The van der Waals surface area contributed by atoms with Gasteiger partial charge in [-0.1, -0.05) is 0 Å². The second-order valence-electron chi connectivity index (χ2n) is 7.96. The van der Waals surface area contributed by atoms with Crippen LogP contribution >= 0.6 is 0 Å². The Hall–Kier alpha value is -3.79. The highest BCUT2D eigenvalue weighted by molar-refractivity contribution is 6.06. The number of oxazole rings is 1. The molecular weight excluding hydrogens is 410 g/mol. The molecule has 32 heavy (non-hydrogen) atoms. The average molecular weight is 433 g/mol. The largest absolute Gasteiger partial charge is 0.429 e. The van der Waals surface area contributed by atoms with Crippen molar-refractivity contribution in [2.75, 3.05) is 23.3 Å². The number of aliphatic hydroxyl groups excluding tert-OH is 1. The minimum Gasteiger partial charge on any atom is -0.429 e. The summed E-state index contributed by atoms with van der Waals surface area (Å²) >= 11 is 0. The summed E-state index contributed by atoms with van der Waals surface area (Å²) in [5.41, 5.74) is 3.32. The zero-order valence-electron chi connectivity index (χ0n) is 18.0. The number of fused-ring (bicyclic) bond motifs is 1. The van der Waals surface area contributed by atoms with Crippen LogP contribution in [0.25, 0.3) is 22.5 Å². The summed E-state index contributed by atoms with van der Waals surface area (Å²) < 4.78 is 7.54. The van der Waals surface area contributed by atoms with E-state index in [1.807, 2.05) is 19.2 Å². The van der Waals surface area contributed by atoms with Crippen molar-refractivity contribution in [2.45, 2.75) is 26.4 Å². The normalized spacial score (nSPS) is 16.1. The first kappa shape index (κ1) is 20.1. The lowest BCUT2D eigenvalue weighted by atomic mass is 10.1.